The second-order valence-electron chi connectivity index (χ2n) is 6.13. The number of aryl methyl sites for hydroxylation is 1. The van der Waals surface area contributed by atoms with Crippen molar-refractivity contribution in [2.45, 2.75) is 31.9 Å². The number of para-hydroxylation sites is 1. The van der Waals surface area contributed by atoms with Crippen molar-refractivity contribution in [1.29, 1.82) is 0 Å². The van der Waals surface area contributed by atoms with E-state index in [0.29, 0.717) is 38.0 Å². The highest BCUT2D eigenvalue weighted by Gasteiger charge is 2.35. The van der Waals surface area contributed by atoms with E-state index in [0.717, 1.165) is 10.9 Å². The zero-order valence-electron chi connectivity index (χ0n) is 13.3. The summed E-state index contributed by atoms with van der Waals surface area (Å²) in [5.41, 5.74) is 1.46. The number of hydrogen-bond acceptors (Lipinski definition) is 3. The minimum absolute atomic E-state index is 0.0673. The Morgan fingerprint density at radius 3 is 2.54 bits per heavy atom. The summed E-state index contributed by atoms with van der Waals surface area (Å²) in [6.45, 7) is 1.41. The third-order valence-corrected chi connectivity index (χ3v) is 4.44. The number of fused-ring (bicyclic) bond motifs is 1. The molecule has 0 N–H and O–H groups in total. The number of aromatic nitrogens is 1. The SMILES string of the molecule is Cn1c(=O)c(CN2CCC(OC(F)(F)F)CC2)cc2ccccc21. The van der Waals surface area contributed by atoms with E-state index in [1.54, 1.807) is 11.6 Å². The van der Waals surface area contributed by atoms with E-state index in [2.05, 4.69) is 4.74 Å². The number of nitrogens with zero attached hydrogens (tertiary/aromatic N) is 2. The third-order valence-electron chi connectivity index (χ3n) is 4.44. The Kier molecular flexibility index (Phi) is 4.64. The van der Waals surface area contributed by atoms with Crippen LogP contribution in [0.3, 0.4) is 0 Å². The Morgan fingerprint density at radius 1 is 1.21 bits per heavy atom. The molecule has 0 bridgehead atoms. The number of benzene rings is 1. The summed E-state index contributed by atoms with van der Waals surface area (Å²) in [6.07, 6.45) is -4.75. The number of likely N-dealkylation sites (tertiary alicyclic amines) is 1. The molecule has 0 atom stereocenters. The first kappa shape index (κ1) is 17.0. The van der Waals surface area contributed by atoms with Crippen molar-refractivity contribution < 1.29 is 17.9 Å². The molecule has 4 nitrogen and oxygen atoms in total. The summed E-state index contributed by atoms with van der Waals surface area (Å²) >= 11 is 0. The van der Waals surface area contributed by atoms with Crippen molar-refractivity contribution >= 4 is 10.9 Å². The van der Waals surface area contributed by atoms with E-state index in [1.165, 1.54) is 0 Å². The van der Waals surface area contributed by atoms with Gasteiger partial charge in [0.2, 0.25) is 0 Å². The minimum atomic E-state index is -4.58. The fraction of sp³-hybridized carbons (Fsp3) is 0.471. The maximum absolute atomic E-state index is 12.5. The summed E-state index contributed by atoms with van der Waals surface area (Å²) in [5.74, 6) is 0. The van der Waals surface area contributed by atoms with Crippen LogP contribution in [0.5, 0.6) is 0 Å². The standard InChI is InChI=1S/C17H19F3N2O2/c1-21-15-5-3-2-4-12(15)10-13(16(21)23)11-22-8-6-14(7-9-22)24-17(18,19)20/h2-5,10,14H,6-9,11H2,1H3. The topological polar surface area (TPSA) is 34.5 Å². The Balaban J connectivity index is 1.71. The van der Waals surface area contributed by atoms with Crippen LogP contribution in [0.25, 0.3) is 10.9 Å². The third kappa shape index (κ3) is 3.79. The first-order chi connectivity index (χ1) is 11.3. The van der Waals surface area contributed by atoms with Crippen LogP contribution >= 0.6 is 0 Å². The van der Waals surface area contributed by atoms with Crippen LogP contribution < -0.4 is 5.56 Å². The van der Waals surface area contributed by atoms with Gasteiger partial charge >= 0.3 is 6.36 Å². The van der Waals surface area contributed by atoms with Crippen molar-refractivity contribution in [2.24, 2.45) is 7.05 Å². The maximum atomic E-state index is 12.5. The van der Waals surface area contributed by atoms with Gasteiger partial charge in [-0.25, -0.2) is 0 Å². The van der Waals surface area contributed by atoms with Gasteiger partial charge in [0.25, 0.3) is 5.56 Å². The van der Waals surface area contributed by atoms with Gasteiger partial charge in [-0.1, -0.05) is 18.2 Å². The molecule has 1 fully saturated rings. The molecule has 0 amide bonds. The van der Waals surface area contributed by atoms with E-state index in [1.807, 2.05) is 35.2 Å². The average Bonchev–Trinajstić information content (AvgIpc) is 2.53. The Hall–Kier alpha value is -1.86. The second kappa shape index (κ2) is 6.57. The van der Waals surface area contributed by atoms with Gasteiger partial charge in [0.05, 0.1) is 11.6 Å². The van der Waals surface area contributed by atoms with Crippen LogP contribution in [0.1, 0.15) is 18.4 Å². The lowest BCUT2D eigenvalue weighted by atomic mass is 10.1. The molecular weight excluding hydrogens is 321 g/mol. The molecule has 2 aromatic rings. The van der Waals surface area contributed by atoms with Gasteiger partial charge < -0.3 is 4.57 Å². The van der Waals surface area contributed by atoms with E-state index in [-0.39, 0.29) is 5.56 Å². The van der Waals surface area contributed by atoms with Crippen LogP contribution in [-0.4, -0.2) is 35.0 Å². The van der Waals surface area contributed by atoms with Gasteiger partial charge in [0, 0.05) is 32.2 Å². The lowest BCUT2D eigenvalue weighted by molar-refractivity contribution is -0.345. The zero-order chi connectivity index (χ0) is 17.3. The number of piperidine rings is 1. The van der Waals surface area contributed by atoms with Crippen LogP contribution in [0.4, 0.5) is 13.2 Å². The molecular formula is C17H19F3N2O2. The normalized spacial score (nSPS) is 17.5. The lowest BCUT2D eigenvalue weighted by Gasteiger charge is -2.32. The molecule has 1 aromatic heterocycles. The van der Waals surface area contributed by atoms with E-state index in [9.17, 15) is 18.0 Å². The van der Waals surface area contributed by atoms with Gasteiger partial charge in [0.15, 0.2) is 0 Å². The first-order valence-corrected chi connectivity index (χ1v) is 7.88. The summed E-state index contributed by atoms with van der Waals surface area (Å²) < 4.78 is 42.5. The molecule has 1 aromatic carbocycles. The molecule has 0 saturated carbocycles. The summed E-state index contributed by atoms with van der Waals surface area (Å²) in [5, 5.41) is 0.977. The van der Waals surface area contributed by atoms with E-state index in [4.69, 9.17) is 0 Å². The van der Waals surface area contributed by atoms with Gasteiger partial charge in [-0.3, -0.25) is 14.4 Å². The molecule has 3 rings (SSSR count). The molecule has 24 heavy (non-hydrogen) atoms. The number of hydrogen-bond donors (Lipinski definition) is 0. The van der Waals surface area contributed by atoms with Gasteiger partial charge in [-0.2, -0.15) is 0 Å². The predicted octanol–water partition coefficient (Wildman–Crippen LogP) is 3.04. The van der Waals surface area contributed by atoms with Crippen LogP contribution in [0.15, 0.2) is 35.1 Å². The highest BCUT2D eigenvalue weighted by Crippen LogP contribution is 2.25. The van der Waals surface area contributed by atoms with Crippen molar-refractivity contribution in [3.8, 4) is 0 Å². The molecule has 1 aliphatic rings. The zero-order valence-corrected chi connectivity index (χ0v) is 13.3. The highest BCUT2D eigenvalue weighted by molar-refractivity contribution is 5.79. The van der Waals surface area contributed by atoms with Crippen molar-refractivity contribution in [3.05, 3.63) is 46.2 Å². The minimum Gasteiger partial charge on any atom is -0.311 e. The number of ether oxygens (including phenoxy) is 1. The molecule has 130 valence electrons. The quantitative estimate of drug-likeness (QED) is 0.861. The van der Waals surface area contributed by atoms with Crippen LogP contribution in [0.2, 0.25) is 0 Å². The monoisotopic (exact) mass is 340 g/mol. The summed E-state index contributed by atoms with van der Waals surface area (Å²) in [4.78, 5) is 14.5. The Morgan fingerprint density at radius 2 is 1.88 bits per heavy atom. The fourth-order valence-corrected chi connectivity index (χ4v) is 3.22. The number of rotatable bonds is 3. The smallest absolute Gasteiger partial charge is 0.311 e. The van der Waals surface area contributed by atoms with Gasteiger partial charge in [0.1, 0.15) is 0 Å². The van der Waals surface area contributed by atoms with Crippen molar-refractivity contribution in [2.75, 3.05) is 13.1 Å². The molecule has 0 aliphatic carbocycles. The summed E-state index contributed by atoms with van der Waals surface area (Å²) in [7, 11) is 1.73. The van der Waals surface area contributed by atoms with Crippen molar-refractivity contribution in [3.63, 3.8) is 0 Å². The molecule has 0 unspecified atom stereocenters. The number of halogens is 3. The molecule has 1 aliphatic heterocycles. The Bertz CT molecular complexity index is 777. The second-order valence-corrected chi connectivity index (χ2v) is 6.13. The van der Waals surface area contributed by atoms with Crippen LogP contribution in [0, 0.1) is 0 Å². The number of pyridine rings is 1. The fourth-order valence-electron chi connectivity index (χ4n) is 3.22. The van der Waals surface area contributed by atoms with E-state index >= 15 is 0 Å². The average molecular weight is 340 g/mol. The van der Waals surface area contributed by atoms with E-state index < -0.39 is 12.5 Å². The highest BCUT2D eigenvalue weighted by atomic mass is 19.4. The molecule has 0 spiro atoms. The van der Waals surface area contributed by atoms with Gasteiger partial charge in [-0.15, -0.1) is 13.2 Å². The summed E-state index contributed by atoms with van der Waals surface area (Å²) in [6, 6.07) is 9.50. The molecule has 0 radical (unpaired) electrons. The molecule has 1 saturated heterocycles. The molecule has 7 heteroatoms. The number of alkyl halides is 3. The van der Waals surface area contributed by atoms with Gasteiger partial charge in [-0.05, 0) is 30.4 Å². The molecule has 2 heterocycles. The van der Waals surface area contributed by atoms with Crippen LogP contribution in [-0.2, 0) is 18.3 Å². The van der Waals surface area contributed by atoms with Crippen molar-refractivity contribution in [1.82, 2.24) is 9.47 Å². The lowest BCUT2D eigenvalue weighted by Crippen LogP contribution is -2.39. The first-order valence-electron chi connectivity index (χ1n) is 7.88. The largest absolute Gasteiger partial charge is 0.522 e. The Labute approximate surface area is 137 Å². The predicted molar refractivity (Wildman–Crippen MR) is 84.6 cm³/mol. The maximum Gasteiger partial charge on any atom is 0.522 e.